The molecule has 19 heavy (non-hydrogen) atoms. The SMILES string of the molecule is COc1ccc2nc(N)n(Cc3ccc(C)o3)c2c1. The van der Waals surface area contributed by atoms with E-state index < -0.39 is 0 Å². The Morgan fingerprint density at radius 1 is 1.32 bits per heavy atom. The number of nitrogens with zero attached hydrogens (tertiary/aromatic N) is 2. The van der Waals surface area contributed by atoms with E-state index in [2.05, 4.69) is 4.98 Å². The van der Waals surface area contributed by atoms with Gasteiger partial charge in [0.05, 0.1) is 24.7 Å². The fourth-order valence-electron chi connectivity index (χ4n) is 2.14. The molecule has 0 fully saturated rings. The Labute approximate surface area is 110 Å². The van der Waals surface area contributed by atoms with Crippen LogP contribution < -0.4 is 10.5 Å². The molecule has 0 saturated carbocycles. The number of aromatic nitrogens is 2. The van der Waals surface area contributed by atoms with Gasteiger partial charge in [-0.25, -0.2) is 4.98 Å². The Morgan fingerprint density at radius 2 is 2.16 bits per heavy atom. The number of rotatable bonds is 3. The first kappa shape index (κ1) is 11.6. The minimum atomic E-state index is 0.470. The number of aryl methyl sites for hydroxylation is 1. The van der Waals surface area contributed by atoms with Crippen molar-refractivity contribution < 1.29 is 9.15 Å². The van der Waals surface area contributed by atoms with Crippen molar-refractivity contribution in [3.05, 3.63) is 41.9 Å². The Balaban J connectivity index is 2.08. The van der Waals surface area contributed by atoms with Crippen LogP contribution in [0.3, 0.4) is 0 Å². The fourth-order valence-corrected chi connectivity index (χ4v) is 2.14. The zero-order chi connectivity index (χ0) is 13.4. The van der Waals surface area contributed by atoms with Gasteiger partial charge in [0.2, 0.25) is 5.95 Å². The van der Waals surface area contributed by atoms with Gasteiger partial charge in [-0.1, -0.05) is 0 Å². The molecular weight excluding hydrogens is 242 g/mol. The molecule has 2 aromatic heterocycles. The highest BCUT2D eigenvalue weighted by atomic mass is 16.5. The van der Waals surface area contributed by atoms with Gasteiger partial charge >= 0.3 is 0 Å². The maximum absolute atomic E-state index is 5.97. The average molecular weight is 257 g/mol. The van der Waals surface area contributed by atoms with Gasteiger partial charge in [0.25, 0.3) is 0 Å². The van der Waals surface area contributed by atoms with E-state index in [1.54, 1.807) is 7.11 Å². The number of fused-ring (bicyclic) bond motifs is 1. The molecule has 0 atom stereocenters. The van der Waals surface area contributed by atoms with Gasteiger partial charge in [0.15, 0.2) is 0 Å². The molecule has 3 rings (SSSR count). The summed E-state index contributed by atoms with van der Waals surface area (Å²) in [6.45, 7) is 2.48. The number of anilines is 1. The second-order valence-electron chi connectivity index (χ2n) is 4.42. The van der Waals surface area contributed by atoms with Crippen molar-refractivity contribution in [2.24, 2.45) is 0 Å². The summed E-state index contributed by atoms with van der Waals surface area (Å²) in [6, 6.07) is 9.57. The van der Waals surface area contributed by atoms with E-state index in [9.17, 15) is 0 Å². The molecule has 0 spiro atoms. The number of hydrogen-bond donors (Lipinski definition) is 1. The molecule has 0 saturated heterocycles. The normalized spacial score (nSPS) is 11.1. The van der Waals surface area contributed by atoms with E-state index in [1.807, 2.05) is 41.8 Å². The number of hydrogen-bond acceptors (Lipinski definition) is 4. The smallest absolute Gasteiger partial charge is 0.201 e. The topological polar surface area (TPSA) is 66.2 Å². The highest BCUT2D eigenvalue weighted by Crippen LogP contribution is 2.24. The summed E-state index contributed by atoms with van der Waals surface area (Å²) in [7, 11) is 1.64. The summed E-state index contributed by atoms with van der Waals surface area (Å²) in [5.74, 6) is 2.99. The van der Waals surface area contributed by atoms with E-state index in [-0.39, 0.29) is 0 Å². The first-order chi connectivity index (χ1) is 9.17. The van der Waals surface area contributed by atoms with Crippen molar-refractivity contribution in [3.63, 3.8) is 0 Å². The van der Waals surface area contributed by atoms with Crippen LogP contribution in [0.1, 0.15) is 11.5 Å². The number of imidazole rings is 1. The third-order valence-electron chi connectivity index (χ3n) is 3.09. The first-order valence-electron chi connectivity index (χ1n) is 6.02. The van der Waals surface area contributed by atoms with E-state index in [0.29, 0.717) is 12.5 Å². The number of nitrogens with two attached hydrogens (primary N) is 1. The lowest BCUT2D eigenvalue weighted by atomic mass is 10.3. The van der Waals surface area contributed by atoms with Crippen molar-refractivity contribution in [2.45, 2.75) is 13.5 Å². The van der Waals surface area contributed by atoms with E-state index in [0.717, 1.165) is 28.3 Å². The zero-order valence-electron chi connectivity index (χ0n) is 10.9. The molecule has 3 aromatic rings. The van der Waals surface area contributed by atoms with Gasteiger partial charge in [-0.15, -0.1) is 0 Å². The van der Waals surface area contributed by atoms with Gasteiger partial charge < -0.3 is 19.5 Å². The van der Waals surface area contributed by atoms with E-state index >= 15 is 0 Å². The molecule has 0 aliphatic heterocycles. The minimum Gasteiger partial charge on any atom is -0.497 e. The molecule has 2 heterocycles. The highest BCUT2D eigenvalue weighted by Gasteiger charge is 2.11. The standard InChI is InChI=1S/C14H15N3O2/c1-9-3-4-11(19-9)8-17-13-7-10(18-2)5-6-12(13)16-14(17)15/h3-7H,8H2,1-2H3,(H2,15,16). The van der Waals surface area contributed by atoms with Gasteiger partial charge in [0, 0.05) is 6.07 Å². The number of furan rings is 1. The fraction of sp³-hybridized carbons (Fsp3) is 0.214. The second kappa shape index (κ2) is 4.35. The van der Waals surface area contributed by atoms with Crippen LogP contribution in [0.2, 0.25) is 0 Å². The summed E-state index contributed by atoms with van der Waals surface area (Å²) in [4.78, 5) is 4.33. The predicted octanol–water partition coefficient (Wildman–Crippen LogP) is 2.58. The van der Waals surface area contributed by atoms with Crippen LogP contribution in [-0.4, -0.2) is 16.7 Å². The molecule has 2 N–H and O–H groups in total. The molecule has 0 radical (unpaired) electrons. The van der Waals surface area contributed by atoms with Crippen LogP contribution >= 0.6 is 0 Å². The average Bonchev–Trinajstić information content (AvgIpc) is 2.94. The Kier molecular flexibility index (Phi) is 2.67. The predicted molar refractivity (Wildman–Crippen MR) is 73.2 cm³/mol. The monoisotopic (exact) mass is 257 g/mol. The minimum absolute atomic E-state index is 0.470. The van der Waals surface area contributed by atoms with Crippen LogP contribution in [-0.2, 0) is 6.54 Å². The van der Waals surface area contributed by atoms with Crippen molar-refractivity contribution in [3.8, 4) is 5.75 Å². The van der Waals surface area contributed by atoms with Crippen LogP contribution in [0.4, 0.5) is 5.95 Å². The highest BCUT2D eigenvalue weighted by molar-refractivity contribution is 5.80. The van der Waals surface area contributed by atoms with Crippen LogP contribution in [0, 0.1) is 6.92 Å². The molecule has 0 bridgehead atoms. The molecule has 98 valence electrons. The summed E-state index contributed by atoms with van der Waals surface area (Å²) < 4.78 is 12.7. The number of methoxy groups -OCH3 is 1. The van der Waals surface area contributed by atoms with Gasteiger partial charge in [-0.3, -0.25) is 0 Å². The van der Waals surface area contributed by atoms with Crippen LogP contribution in [0.25, 0.3) is 11.0 Å². The van der Waals surface area contributed by atoms with E-state index in [1.165, 1.54) is 0 Å². The maximum Gasteiger partial charge on any atom is 0.201 e. The van der Waals surface area contributed by atoms with Crippen molar-refractivity contribution in [1.82, 2.24) is 9.55 Å². The zero-order valence-corrected chi connectivity index (χ0v) is 10.9. The molecule has 0 aliphatic rings. The number of benzene rings is 1. The van der Waals surface area contributed by atoms with E-state index in [4.69, 9.17) is 14.9 Å². The van der Waals surface area contributed by atoms with Gasteiger partial charge in [-0.05, 0) is 31.2 Å². The van der Waals surface area contributed by atoms with Crippen molar-refractivity contribution in [1.29, 1.82) is 0 Å². The van der Waals surface area contributed by atoms with Crippen molar-refractivity contribution >= 4 is 17.0 Å². The third-order valence-corrected chi connectivity index (χ3v) is 3.09. The summed E-state index contributed by atoms with van der Waals surface area (Å²) in [5.41, 5.74) is 7.75. The lowest BCUT2D eigenvalue weighted by Gasteiger charge is -2.05. The molecular formula is C14H15N3O2. The molecule has 5 nitrogen and oxygen atoms in total. The molecule has 0 amide bonds. The quantitative estimate of drug-likeness (QED) is 0.783. The van der Waals surface area contributed by atoms with Gasteiger partial charge in [-0.2, -0.15) is 0 Å². The lowest BCUT2D eigenvalue weighted by Crippen LogP contribution is -2.03. The Bertz CT molecular complexity index is 727. The van der Waals surface area contributed by atoms with Gasteiger partial charge in [0.1, 0.15) is 17.3 Å². The third kappa shape index (κ3) is 2.03. The number of ether oxygens (including phenoxy) is 1. The van der Waals surface area contributed by atoms with Crippen molar-refractivity contribution in [2.75, 3.05) is 12.8 Å². The molecule has 0 aliphatic carbocycles. The lowest BCUT2D eigenvalue weighted by molar-refractivity contribution is 0.415. The summed E-state index contributed by atoms with van der Waals surface area (Å²) in [5, 5.41) is 0. The first-order valence-corrected chi connectivity index (χ1v) is 6.02. The molecule has 1 aromatic carbocycles. The van der Waals surface area contributed by atoms with Crippen LogP contribution in [0.5, 0.6) is 5.75 Å². The largest absolute Gasteiger partial charge is 0.497 e. The second-order valence-corrected chi connectivity index (χ2v) is 4.42. The van der Waals surface area contributed by atoms with Crippen LogP contribution in [0.15, 0.2) is 34.7 Å². The summed E-state index contributed by atoms with van der Waals surface area (Å²) in [6.07, 6.45) is 0. The Hall–Kier alpha value is -2.43. The number of nitrogen functional groups attached to an aromatic ring is 1. The summed E-state index contributed by atoms with van der Waals surface area (Å²) >= 11 is 0. The maximum atomic E-state index is 5.97. The molecule has 0 unspecified atom stereocenters. The molecule has 5 heteroatoms. The Morgan fingerprint density at radius 3 is 2.84 bits per heavy atom.